The van der Waals surface area contributed by atoms with Crippen LogP contribution in [0.3, 0.4) is 0 Å². The van der Waals surface area contributed by atoms with Gasteiger partial charge in [-0.25, -0.2) is 15.4 Å². The number of pyridine rings is 1. The first-order valence-electron chi connectivity index (χ1n) is 6.98. The summed E-state index contributed by atoms with van der Waals surface area (Å²) < 4.78 is 0. The van der Waals surface area contributed by atoms with Gasteiger partial charge >= 0.3 is 0 Å². The van der Waals surface area contributed by atoms with Crippen molar-refractivity contribution in [3.05, 3.63) is 76.9 Å². The molecule has 2 heterocycles. The zero-order valence-electron chi connectivity index (χ0n) is 12.4. The molecule has 1 N–H and O–H groups in total. The first-order valence-corrected chi connectivity index (χ1v) is 6.98. The topological polar surface area (TPSA) is 106 Å². The predicted octanol–water partition coefficient (Wildman–Crippen LogP) is 2.89. The Morgan fingerprint density at radius 3 is 2.42 bits per heavy atom. The number of hydrazone groups is 1. The number of benzene rings is 1. The molecule has 0 saturated carbocycles. The summed E-state index contributed by atoms with van der Waals surface area (Å²) in [5.41, 5.74) is 5.18. The van der Waals surface area contributed by atoms with Crippen LogP contribution in [0.15, 0.2) is 66.3 Å². The summed E-state index contributed by atoms with van der Waals surface area (Å²) in [6, 6.07) is 9.89. The lowest BCUT2D eigenvalue weighted by molar-refractivity contribution is -0.384. The van der Waals surface area contributed by atoms with Gasteiger partial charge in [-0.15, -0.1) is 0 Å². The Balaban J connectivity index is 1.67. The third-order valence-corrected chi connectivity index (χ3v) is 3.13. The highest BCUT2D eigenvalue weighted by atomic mass is 16.6. The molecule has 0 bridgehead atoms. The normalized spacial score (nSPS) is 10.7. The quantitative estimate of drug-likeness (QED) is 0.440. The molecule has 0 aliphatic heterocycles. The summed E-state index contributed by atoms with van der Waals surface area (Å²) in [6.45, 7) is 0. The average molecular weight is 320 g/mol. The molecule has 0 spiro atoms. The Hall–Kier alpha value is -3.68. The molecule has 3 rings (SSSR count). The minimum Gasteiger partial charge on any atom is -0.264 e. The Bertz CT molecular complexity index is 848. The highest BCUT2D eigenvalue weighted by molar-refractivity contribution is 5.79. The maximum absolute atomic E-state index is 10.7. The number of nitrogens with zero attached hydrogens (tertiary/aromatic N) is 5. The molecule has 1 aromatic carbocycles. The van der Waals surface area contributed by atoms with Gasteiger partial charge in [0.25, 0.3) is 5.69 Å². The van der Waals surface area contributed by atoms with Gasteiger partial charge in [0.2, 0.25) is 5.95 Å². The fourth-order valence-electron chi connectivity index (χ4n) is 1.93. The van der Waals surface area contributed by atoms with Crippen LogP contribution in [-0.4, -0.2) is 26.1 Å². The SMILES string of the molecule is O=[N+]([O-])c1ccc(-c2cnc(N/N=C\c3cccnc3)nc2)cc1. The van der Waals surface area contributed by atoms with E-state index < -0.39 is 4.92 Å². The predicted molar refractivity (Wildman–Crippen MR) is 89.6 cm³/mol. The Morgan fingerprint density at radius 1 is 1.04 bits per heavy atom. The average Bonchev–Trinajstić information content (AvgIpc) is 2.63. The van der Waals surface area contributed by atoms with E-state index in [2.05, 4.69) is 25.5 Å². The van der Waals surface area contributed by atoms with Gasteiger partial charge in [-0.1, -0.05) is 6.07 Å². The summed E-state index contributed by atoms with van der Waals surface area (Å²) in [7, 11) is 0. The summed E-state index contributed by atoms with van der Waals surface area (Å²) in [4.78, 5) is 22.5. The number of hydrogen-bond donors (Lipinski definition) is 1. The molecule has 0 unspecified atom stereocenters. The number of aromatic nitrogens is 3. The van der Waals surface area contributed by atoms with Crippen LogP contribution >= 0.6 is 0 Å². The Morgan fingerprint density at radius 2 is 1.79 bits per heavy atom. The molecule has 0 saturated heterocycles. The summed E-state index contributed by atoms with van der Waals surface area (Å²) in [5, 5.41) is 14.7. The van der Waals surface area contributed by atoms with E-state index in [1.54, 1.807) is 43.1 Å². The van der Waals surface area contributed by atoms with Gasteiger partial charge in [0.1, 0.15) is 0 Å². The smallest absolute Gasteiger partial charge is 0.264 e. The first kappa shape index (κ1) is 15.2. The standard InChI is InChI=1S/C16H12N6O2/c23-22(24)15-5-3-13(4-6-15)14-10-18-16(19-11-14)21-20-9-12-2-1-7-17-8-12/h1-11H,(H,18,19,21)/b20-9-. The molecule has 8 nitrogen and oxygen atoms in total. The second kappa shape index (κ2) is 7.05. The van der Waals surface area contributed by atoms with Crippen LogP contribution in [0.1, 0.15) is 5.56 Å². The molecule has 0 aliphatic rings. The molecule has 0 aliphatic carbocycles. The van der Waals surface area contributed by atoms with Crippen molar-refractivity contribution in [1.82, 2.24) is 15.0 Å². The maximum Gasteiger partial charge on any atom is 0.269 e. The lowest BCUT2D eigenvalue weighted by atomic mass is 10.1. The van der Waals surface area contributed by atoms with E-state index in [9.17, 15) is 10.1 Å². The van der Waals surface area contributed by atoms with Crippen LogP contribution in [0, 0.1) is 10.1 Å². The van der Waals surface area contributed by atoms with Gasteiger partial charge in [-0.2, -0.15) is 5.10 Å². The van der Waals surface area contributed by atoms with Crippen molar-refractivity contribution in [3.63, 3.8) is 0 Å². The van der Waals surface area contributed by atoms with Crippen molar-refractivity contribution < 1.29 is 4.92 Å². The molecule has 0 amide bonds. The van der Waals surface area contributed by atoms with Crippen LogP contribution in [0.2, 0.25) is 0 Å². The van der Waals surface area contributed by atoms with Crippen LogP contribution in [0.5, 0.6) is 0 Å². The minimum atomic E-state index is -0.437. The number of hydrogen-bond acceptors (Lipinski definition) is 7. The van der Waals surface area contributed by atoms with Crippen molar-refractivity contribution >= 4 is 17.9 Å². The molecular weight excluding hydrogens is 308 g/mol. The molecule has 3 aromatic rings. The summed E-state index contributed by atoms with van der Waals surface area (Å²) >= 11 is 0. The minimum absolute atomic E-state index is 0.0442. The van der Waals surface area contributed by atoms with Crippen molar-refractivity contribution in [1.29, 1.82) is 0 Å². The molecule has 8 heteroatoms. The lowest BCUT2D eigenvalue weighted by Crippen LogP contribution is -1.97. The third kappa shape index (κ3) is 3.74. The Kier molecular flexibility index (Phi) is 4.47. The van der Waals surface area contributed by atoms with Gasteiger partial charge < -0.3 is 0 Å². The van der Waals surface area contributed by atoms with Crippen LogP contribution in [0.4, 0.5) is 11.6 Å². The number of rotatable bonds is 5. The van der Waals surface area contributed by atoms with Crippen LogP contribution in [-0.2, 0) is 0 Å². The van der Waals surface area contributed by atoms with Gasteiger partial charge in [0.15, 0.2) is 0 Å². The number of nitro benzene ring substituents is 1. The first-order chi connectivity index (χ1) is 11.7. The van der Waals surface area contributed by atoms with Crippen molar-refractivity contribution in [2.24, 2.45) is 5.10 Å². The molecule has 0 atom stereocenters. The highest BCUT2D eigenvalue weighted by Gasteiger charge is 2.05. The zero-order valence-corrected chi connectivity index (χ0v) is 12.4. The lowest BCUT2D eigenvalue weighted by Gasteiger charge is -2.02. The Labute approximate surface area is 137 Å². The van der Waals surface area contributed by atoms with E-state index >= 15 is 0 Å². The van der Waals surface area contributed by atoms with Gasteiger partial charge in [0.05, 0.1) is 11.1 Å². The van der Waals surface area contributed by atoms with Gasteiger partial charge in [-0.3, -0.25) is 15.1 Å². The van der Waals surface area contributed by atoms with Crippen molar-refractivity contribution in [3.8, 4) is 11.1 Å². The second-order valence-corrected chi connectivity index (χ2v) is 4.76. The van der Waals surface area contributed by atoms with Gasteiger partial charge in [-0.05, 0) is 23.8 Å². The molecule has 2 aromatic heterocycles. The zero-order chi connectivity index (χ0) is 16.8. The third-order valence-electron chi connectivity index (χ3n) is 3.13. The van der Waals surface area contributed by atoms with Crippen molar-refractivity contribution in [2.45, 2.75) is 0 Å². The number of anilines is 1. The highest BCUT2D eigenvalue weighted by Crippen LogP contribution is 2.21. The molecule has 0 fully saturated rings. The monoisotopic (exact) mass is 320 g/mol. The molecular formula is C16H12N6O2. The molecule has 0 radical (unpaired) electrons. The summed E-state index contributed by atoms with van der Waals surface area (Å²) in [6.07, 6.45) is 8.22. The van der Waals surface area contributed by atoms with E-state index in [4.69, 9.17) is 0 Å². The fourth-order valence-corrected chi connectivity index (χ4v) is 1.93. The largest absolute Gasteiger partial charge is 0.269 e. The number of nitro groups is 1. The number of nitrogens with one attached hydrogen (secondary N) is 1. The number of non-ortho nitro benzene ring substituents is 1. The van der Waals surface area contributed by atoms with Crippen LogP contribution < -0.4 is 5.43 Å². The van der Waals surface area contributed by atoms with E-state index in [0.717, 1.165) is 16.7 Å². The van der Waals surface area contributed by atoms with E-state index in [-0.39, 0.29) is 5.69 Å². The summed E-state index contributed by atoms with van der Waals surface area (Å²) in [5.74, 6) is 0.348. The van der Waals surface area contributed by atoms with E-state index in [1.807, 2.05) is 12.1 Å². The molecule has 118 valence electrons. The van der Waals surface area contributed by atoms with E-state index in [1.165, 1.54) is 12.1 Å². The maximum atomic E-state index is 10.7. The van der Waals surface area contributed by atoms with Crippen molar-refractivity contribution in [2.75, 3.05) is 5.43 Å². The van der Waals surface area contributed by atoms with Gasteiger partial charge in [0, 0.05) is 48.0 Å². The molecule has 24 heavy (non-hydrogen) atoms. The van der Waals surface area contributed by atoms with E-state index in [0.29, 0.717) is 5.95 Å². The second-order valence-electron chi connectivity index (χ2n) is 4.76. The fraction of sp³-hybridized carbons (Fsp3) is 0. The van der Waals surface area contributed by atoms with Crippen LogP contribution in [0.25, 0.3) is 11.1 Å².